The summed E-state index contributed by atoms with van der Waals surface area (Å²) in [5, 5.41) is 9.18. The maximum absolute atomic E-state index is 11.2. The van der Waals surface area contributed by atoms with E-state index in [1.807, 2.05) is 6.07 Å². The van der Waals surface area contributed by atoms with Crippen molar-refractivity contribution in [2.75, 3.05) is 7.11 Å². The van der Waals surface area contributed by atoms with E-state index in [0.717, 1.165) is 4.47 Å². The van der Waals surface area contributed by atoms with Crippen molar-refractivity contribution in [3.63, 3.8) is 0 Å². The van der Waals surface area contributed by atoms with Crippen molar-refractivity contribution in [3.8, 4) is 17.2 Å². The number of aromatic carboxylic acids is 1. The fraction of sp³-hybridized carbons (Fsp3) is 0.0667. The molecule has 0 saturated carbocycles. The van der Waals surface area contributed by atoms with Crippen molar-refractivity contribution < 1.29 is 19.1 Å². The van der Waals surface area contributed by atoms with Crippen molar-refractivity contribution in [1.29, 1.82) is 0 Å². The summed E-state index contributed by atoms with van der Waals surface area (Å²) in [6.07, 6.45) is 0. The number of fused-ring (bicyclic) bond motifs is 1. The van der Waals surface area contributed by atoms with Gasteiger partial charge in [0.25, 0.3) is 0 Å². The van der Waals surface area contributed by atoms with E-state index in [1.165, 1.54) is 6.07 Å². The van der Waals surface area contributed by atoms with E-state index in [-0.39, 0.29) is 11.1 Å². The topological polar surface area (TPSA) is 72.6 Å². The molecule has 0 unspecified atom stereocenters. The second kappa shape index (κ2) is 5.21. The summed E-state index contributed by atoms with van der Waals surface area (Å²) in [4.78, 5) is 15.6. The summed E-state index contributed by atoms with van der Waals surface area (Å²) < 4.78 is 11.6. The lowest BCUT2D eigenvalue weighted by Gasteiger charge is -2.03. The van der Waals surface area contributed by atoms with Crippen LogP contribution in [-0.4, -0.2) is 23.2 Å². The van der Waals surface area contributed by atoms with Gasteiger partial charge in [0.15, 0.2) is 5.58 Å². The maximum Gasteiger partial charge on any atom is 0.339 e. The lowest BCUT2D eigenvalue weighted by Crippen LogP contribution is -1.95. The molecule has 106 valence electrons. The molecule has 1 N–H and O–H groups in total. The van der Waals surface area contributed by atoms with Crippen LogP contribution in [0.3, 0.4) is 0 Å². The zero-order valence-corrected chi connectivity index (χ0v) is 12.5. The van der Waals surface area contributed by atoms with E-state index in [0.29, 0.717) is 22.7 Å². The van der Waals surface area contributed by atoms with Gasteiger partial charge in [-0.2, -0.15) is 0 Å². The number of oxazole rings is 1. The van der Waals surface area contributed by atoms with E-state index in [4.69, 9.17) is 9.15 Å². The number of ether oxygens (including phenoxy) is 1. The van der Waals surface area contributed by atoms with Crippen molar-refractivity contribution in [1.82, 2.24) is 4.98 Å². The van der Waals surface area contributed by atoms with Crippen molar-refractivity contribution in [2.45, 2.75) is 0 Å². The molecule has 1 heterocycles. The van der Waals surface area contributed by atoms with Crippen LogP contribution in [0.4, 0.5) is 0 Å². The molecular weight excluding hydrogens is 338 g/mol. The second-order valence-electron chi connectivity index (χ2n) is 4.32. The molecule has 0 radical (unpaired) electrons. The normalized spacial score (nSPS) is 10.8. The third kappa shape index (κ3) is 2.38. The van der Waals surface area contributed by atoms with Gasteiger partial charge in [0.05, 0.1) is 12.7 Å². The zero-order chi connectivity index (χ0) is 15.0. The number of nitrogens with zero attached hydrogens (tertiary/aromatic N) is 1. The van der Waals surface area contributed by atoms with E-state index in [1.54, 1.807) is 31.4 Å². The number of carboxylic acid groups (broad SMARTS) is 1. The van der Waals surface area contributed by atoms with E-state index >= 15 is 0 Å². The highest BCUT2D eigenvalue weighted by molar-refractivity contribution is 9.10. The SMILES string of the molecule is COc1ccc(Br)c(-c2nc3cccc(C(=O)O)c3o2)c1. The molecule has 3 aromatic rings. The molecule has 0 bridgehead atoms. The molecule has 21 heavy (non-hydrogen) atoms. The molecule has 2 aromatic carbocycles. The Morgan fingerprint density at radius 3 is 2.86 bits per heavy atom. The lowest BCUT2D eigenvalue weighted by atomic mass is 10.2. The Balaban J connectivity index is 2.22. The van der Waals surface area contributed by atoms with Crippen LogP contribution in [0.5, 0.6) is 5.75 Å². The third-order valence-electron chi connectivity index (χ3n) is 3.05. The first-order valence-electron chi connectivity index (χ1n) is 6.07. The molecule has 0 fully saturated rings. The fourth-order valence-electron chi connectivity index (χ4n) is 2.03. The Morgan fingerprint density at radius 1 is 1.33 bits per heavy atom. The standard InChI is InChI=1S/C15H10BrNO4/c1-20-8-5-6-11(16)10(7-8)14-17-12-4-2-3-9(15(18)19)13(12)21-14/h2-7H,1H3,(H,18,19). The number of halogens is 1. The molecule has 3 rings (SSSR count). The Morgan fingerprint density at radius 2 is 2.14 bits per heavy atom. The van der Waals surface area contributed by atoms with E-state index in [2.05, 4.69) is 20.9 Å². The quantitative estimate of drug-likeness (QED) is 0.776. The molecule has 5 nitrogen and oxygen atoms in total. The summed E-state index contributed by atoms with van der Waals surface area (Å²) in [5.74, 6) is -0.0496. The number of hydrogen-bond donors (Lipinski definition) is 1. The van der Waals surface area contributed by atoms with Gasteiger partial charge in [-0.15, -0.1) is 0 Å². The highest BCUT2D eigenvalue weighted by atomic mass is 79.9. The Labute approximate surface area is 128 Å². The number of benzene rings is 2. The highest BCUT2D eigenvalue weighted by Gasteiger charge is 2.17. The summed E-state index contributed by atoms with van der Waals surface area (Å²) in [6, 6.07) is 10.2. The summed E-state index contributed by atoms with van der Waals surface area (Å²) in [6.45, 7) is 0. The van der Waals surface area contributed by atoms with Crippen LogP contribution >= 0.6 is 15.9 Å². The third-order valence-corrected chi connectivity index (χ3v) is 3.74. The van der Waals surface area contributed by atoms with Gasteiger partial charge >= 0.3 is 5.97 Å². The van der Waals surface area contributed by atoms with Crippen molar-refractivity contribution in [3.05, 3.63) is 46.4 Å². The molecule has 0 spiro atoms. The molecule has 0 saturated heterocycles. The van der Waals surface area contributed by atoms with Gasteiger partial charge in [-0.3, -0.25) is 0 Å². The number of hydrogen-bond acceptors (Lipinski definition) is 4. The fourth-order valence-corrected chi connectivity index (χ4v) is 2.44. The molecule has 0 aliphatic carbocycles. The molecule has 1 aromatic heterocycles. The van der Waals surface area contributed by atoms with Crippen LogP contribution in [0.2, 0.25) is 0 Å². The number of carbonyl (C=O) groups is 1. The molecule has 0 atom stereocenters. The van der Waals surface area contributed by atoms with Crippen LogP contribution in [0.15, 0.2) is 45.3 Å². The van der Waals surface area contributed by atoms with Gasteiger partial charge in [0, 0.05) is 4.47 Å². The predicted molar refractivity (Wildman–Crippen MR) is 80.7 cm³/mol. The largest absolute Gasteiger partial charge is 0.497 e. The minimum Gasteiger partial charge on any atom is -0.497 e. The summed E-state index contributed by atoms with van der Waals surface area (Å²) >= 11 is 3.43. The number of rotatable bonds is 3. The first kappa shape index (κ1) is 13.6. The average molecular weight is 348 g/mol. The van der Waals surface area contributed by atoms with Gasteiger partial charge in [0.2, 0.25) is 5.89 Å². The zero-order valence-electron chi connectivity index (χ0n) is 11.0. The van der Waals surface area contributed by atoms with Gasteiger partial charge in [-0.1, -0.05) is 6.07 Å². The van der Waals surface area contributed by atoms with Crippen LogP contribution in [0.25, 0.3) is 22.6 Å². The molecule has 0 aliphatic rings. The predicted octanol–water partition coefficient (Wildman–Crippen LogP) is 3.96. The van der Waals surface area contributed by atoms with Gasteiger partial charge < -0.3 is 14.3 Å². The second-order valence-corrected chi connectivity index (χ2v) is 5.18. The van der Waals surface area contributed by atoms with E-state index < -0.39 is 5.97 Å². The molecular formula is C15H10BrNO4. The number of carboxylic acids is 1. The van der Waals surface area contributed by atoms with Crippen LogP contribution in [-0.2, 0) is 0 Å². The van der Waals surface area contributed by atoms with E-state index in [9.17, 15) is 9.90 Å². The van der Waals surface area contributed by atoms with Crippen LogP contribution in [0, 0.1) is 0 Å². The minimum absolute atomic E-state index is 0.0882. The first-order valence-corrected chi connectivity index (χ1v) is 6.86. The molecule has 6 heteroatoms. The number of para-hydroxylation sites is 1. The van der Waals surface area contributed by atoms with Crippen LogP contribution < -0.4 is 4.74 Å². The smallest absolute Gasteiger partial charge is 0.339 e. The maximum atomic E-state index is 11.2. The molecule has 0 amide bonds. The highest BCUT2D eigenvalue weighted by Crippen LogP contribution is 2.33. The Hall–Kier alpha value is -2.34. The lowest BCUT2D eigenvalue weighted by molar-refractivity contribution is 0.0698. The van der Waals surface area contributed by atoms with Gasteiger partial charge in [-0.25, -0.2) is 9.78 Å². The minimum atomic E-state index is -1.05. The Kier molecular flexibility index (Phi) is 3.39. The number of methoxy groups -OCH3 is 1. The monoisotopic (exact) mass is 347 g/mol. The first-order chi connectivity index (χ1) is 10.1. The van der Waals surface area contributed by atoms with Gasteiger partial charge in [0.1, 0.15) is 16.8 Å². The average Bonchev–Trinajstić information content (AvgIpc) is 2.91. The van der Waals surface area contributed by atoms with Crippen molar-refractivity contribution >= 4 is 33.0 Å². The number of aromatic nitrogens is 1. The molecule has 0 aliphatic heterocycles. The summed E-state index contributed by atoms with van der Waals surface area (Å²) in [5.41, 5.74) is 1.54. The summed E-state index contributed by atoms with van der Waals surface area (Å²) in [7, 11) is 1.57. The van der Waals surface area contributed by atoms with Gasteiger partial charge in [-0.05, 0) is 46.3 Å². The Bertz CT molecular complexity index is 841. The van der Waals surface area contributed by atoms with Crippen molar-refractivity contribution in [2.24, 2.45) is 0 Å². The van der Waals surface area contributed by atoms with Crippen LogP contribution in [0.1, 0.15) is 10.4 Å².